The van der Waals surface area contributed by atoms with Crippen LogP contribution in [0.2, 0.25) is 5.02 Å². The maximum absolute atomic E-state index is 6.22. The summed E-state index contributed by atoms with van der Waals surface area (Å²) in [5.41, 5.74) is 6.96. The second kappa shape index (κ2) is 7.35. The predicted molar refractivity (Wildman–Crippen MR) is 120 cm³/mol. The predicted octanol–water partition coefficient (Wildman–Crippen LogP) is 6.60. The highest BCUT2D eigenvalue weighted by atomic mass is 35.5. The molecule has 0 aliphatic rings. The fourth-order valence-electron chi connectivity index (χ4n) is 3.12. The molecule has 5 rings (SSSR count). The lowest BCUT2D eigenvalue weighted by Gasteiger charge is -2.06. The van der Waals surface area contributed by atoms with Gasteiger partial charge >= 0.3 is 0 Å². The number of fused-ring (bicyclic) bond motifs is 2. The molecule has 0 saturated carbocycles. The van der Waals surface area contributed by atoms with Crippen LogP contribution >= 0.6 is 22.9 Å². The van der Waals surface area contributed by atoms with E-state index in [0.717, 1.165) is 43.0 Å². The molecular formula is C23H16ClN3OS. The molecule has 0 aliphatic heterocycles. The van der Waals surface area contributed by atoms with Gasteiger partial charge in [0.1, 0.15) is 11.3 Å². The monoisotopic (exact) mass is 417 g/mol. The summed E-state index contributed by atoms with van der Waals surface area (Å²) in [6, 6.07) is 23.7. The molecule has 0 bridgehead atoms. The van der Waals surface area contributed by atoms with E-state index in [1.165, 1.54) is 5.56 Å². The van der Waals surface area contributed by atoms with E-state index < -0.39 is 0 Å². The lowest BCUT2D eigenvalue weighted by atomic mass is 10.1. The SMILES string of the molecule is Cc1ccc(-c2c/c(=N\Nc3nc4ccccc4s3)c3cc(Cl)ccc3o2)cc1. The summed E-state index contributed by atoms with van der Waals surface area (Å²) < 4.78 is 7.24. The Morgan fingerprint density at radius 2 is 1.83 bits per heavy atom. The number of para-hydroxylation sites is 1. The van der Waals surface area contributed by atoms with Crippen molar-refractivity contribution in [3.8, 4) is 11.3 Å². The molecule has 29 heavy (non-hydrogen) atoms. The van der Waals surface area contributed by atoms with Crippen molar-refractivity contribution >= 4 is 49.3 Å². The quantitative estimate of drug-likeness (QED) is 0.336. The second-order valence-electron chi connectivity index (χ2n) is 6.71. The number of halogens is 1. The Balaban J connectivity index is 1.64. The van der Waals surface area contributed by atoms with Gasteiger partial charge in [-0.15, -0.1) is 0 Å². The first-order valence-corrected chi connectivity index (χ1v) is 10.3. The van der Waals surface area contributed by atoms with E-state index in [2.05, 4.69) is 34.6 Å². The van der Waals surface area contributed by atoms with Crippen LogP contribution in [0.1, 0.15) is 5.56 Å². The molecule has 0 fully saturated rings. The molecule has 0 amide bonds. The molecule has 3 aromatic carbocycles. The van der Waals surface area contributed by atoms with Crippen LogP contribution < -0.4 is 10.8 Å². The molecule has 0 saturated heterocycles. The molecule has 0 spiro atoms. The smallest absolute Gasteiger partial charge is 0.204 e. The molecule has 142 valence electrons. The summed E-state index contributed by atoms with van der Waals surface area (Å²) in [5, 5.41) is 7.57. The van der Waals surface area contributed by atoms with Crippen molar-refractivity contribution in [2.75, 3.05) is 5.43 Å². The van der Waals surface area contributed by atoms with E-state index in [1.54, 1.807) is 11.3 Å². The molecule has 6 heteroatoms. The van der Waals surface area contributed by atoms with E-state index in [-0.39, 0.29) is 0 Å². The number of aryl methyl sites for hydroxylation is 1. The fourth-order valence-corrected chi connectivity index (χ4v) is 4.10. The first-order valence-electron chi connectivity index (χ1n) is 9.11. The normalized spacial score (nSPS) is 12.0. The highest BCUT2D eigenvalue weighted by Gasteiger charge is 2.08. The lowest BCUT2D eigenvalue weighted by molar-refractivity contribution is 0.618. The number of aromatic nitrogens is 1. The van der Waals surface area contributed by atoms with Gasteiger partial charge in [0.25, 0.3) is 0 Å². The van der Waals surface area contributed by atoms with Crippen LogP contribution in [0.25, 0.3) is 32.5 Å². The first-order chi connectivity index (χ1) is 14.2. The van der Waals surface area contributed by atoms with Gasteiger partial charge in [-0.1, -0.05) is 64.9 Å². The number of thiazole rings is 1. The Morgan fingerprint density at radius 3 is 2.66 bits per heavy atom. The molecule has 2 heterocycles. The van der Waals surface area contributed by atoms with Crippen LogP contribution in [-0.4, -0.2) is 4.98 Å². The minimum Gasteiger partial charge on any atom is -0.456 e. The number of hydrogen-bond donors (Lipinski definition) is 1. The van der Waals surface area contributed by atoms with Crippen molar-refractivity contribution in [2.45, 2.75) is 6.92 Å². The van der Waals surface area contributed by atoms with Gasteiger partial charge in [-0.3, -0.25) is 5.43 Å². The lowest BCUT2D eigenvalue weighted by Crippen LogP contribution is -2.07. The van der Waals surface area contributed by atoms with Crippen molar-refractivity contribution in [1.29, 1.82) is 0 Å². The highest BCUT2D eigenvalue weighted by Crippen LogP contribution is 2.26. The zero-order valence-electron chi connectivity index (χ0n) is 15.5. The van der Waals surface area contributed by atoms with Crippen molar-refractivity contribution in [3.63, 3.8) is 0 Å². The van der Waals surface area contributed by atoms with Crippen molar-refractivity contribution in [2.24, 2.45) is 5.10 Å². The van der Waals surface area contributed by atoms with Gasteiger partial charge < -0.3 is 4.42 Å². The Morgan fingerprint density at radius 1 is 1.00 bits per heavy atom. The summed E-state index contributed by atoms with van der Waals surface area (Å²) in [7, 11) is 0. The molecule has 0 unspecified atom stereocenters. The molecule has 0 aliphatic carbocycles. The van der Waals surface area contributed by atoms with Gasteiger partial charge in [-0.2, -0.15) is 5.10 Å². The van der Waals surface area contributed by atoms with E-state index in [4.69, 9.17) is 16.0 Å². The average Bonchev–Trinajstić information content (AvgIpc) is 3.15. The van der Waals surface area contributed by atoms with Crippen molar-refractivity contribution in [3.05, 3.63) is 88.7 Å². The summed E-state index contributed by atoms with van der Waals surface area (Å²) in [5.74, 6) is 0.740. The Kier molecular flexibility index (Phi) is 4.54. The Labute approximate surface area is 176 Å². The van der Waals surface area contributed by atoms with E-state index in [9.17, 15) is 0 Å². The topological polar surface area (TPSA) is 50.4 Å². The Hall–Kier alpha value is -3.15. The fraction of sp³-hybridized carbons (Fsp3) is 0.0435. The zero-order valence-corrected chi connectivity index (χ0v) is 17.1. The van der Waals surface area contributed by atoms with Crippen LogP contribution in [0.3, 0.4) is 0 Å². The van der Waals surface area contributed by atoms with Gasteiger partial charge in [-0.05, 0) is 37.3 Å². The standard InChI is InChI=1S/C23H16ClN3OS/c1-14-6-8-15(9-7-14)21-13-19(17-12-16(24)10-11-20(17)28-21)26-27-23-25-18-4-2-3-5-22(18)29-23/h2-13H,1H3,(H,25,27)/b26-19+. The molecule has 1 N–H and O–H groups in total. The van der Waals surface area contributed by atoms with Gasteiger partial charge in [0, 0.05) is 22.0 Å². The number of hydrogen-bond acceptors (Lipinski definition) is 5. The van der Waals surface area contributed by atoms with Gasteiger partial charge in [-0.25, -0.2) is 4.98 Å². The number of rotatable bonds is 3. The van der Waals surface area contributed by atoms with E-state index >= 15 is 0 Å². The summed E-state index contributed by atoms with van der Waals surface area (Å²) >= 11 is 7.78. The molecule has 4 nitrogen and oxygen atoms in total. The Bertz CT molecular complexity index is 1370. The largest absolute Gasteiger partial charge is 0.456 e. The molecular weight excluding hydrogens is 402 g/mol. The van der Waals surface area contributed by atoms with E-state index in [0.29, 0.717) is 5.02 Å². The van der Waals surface area contributed by atoms with Gasteiger partial charge in [0.05, 0.1) is 15.6 Å². The maximum Gasteiger partial charge on any atom is 0.204 e. The number of nitrogens with one attached hydrogen (secondary N) is 1. The van der Waals surface area contributed by atoms with Crippen molar-refractivity contribution < 1.29 is 4.42 Å². The molecule has 0 atom stereocenters. The third-order valence-corrected chi connectivity index (χ3v) is 5.78. The van der Waals surface area contributed by atoms with Crippen LogP contribution in [0.15, 0.2) is 82.3 Å². The van der Waals surface area contributed by atoms with Crippen LogP contribution in [0.4, 0.5) is 5.13 Å². The summed E-state index contributed by atoms with van der Waals surface area (Å²) in [6.45, 7) is 2.06. The van der Waals surface area contributed by atoms with E-state index in [1.807, 2.05) is 60.7 Å². The first kappa shape index (κ1) is 17.9. The summed E-state index contributed by atoms with van der Waals surface area (Å²) in [6.07, 6.45) is 0. The molecule has 0 radical (unpaired) electrons. The van der Waals surface area contributed by atoms with Crippen molar-refractivity contribution in [1.82, 2.24) is 4.98 Å². The highest BCUT2D eigenvalue weighted by molar-refractivity contribution is 7.22. The maximum atomic E-state index is 6.22. The van der Waals surface area contributed by atoms with Crippen LogP contribution in [0, 0.1) is 6.92 Å². The van der Waals surface area contributed by atoms with Crippen LogP contribution in [-0.2, 0) is 0 Å². The van der Waals surface area contributed by atoms with Crippen LogP contribution in [0.5, 0.6) is 0 Å². The third-order valence-electron chi connectivity index (χ3n) is 4.61. The van der Waals surface area contributed by atoms with Gasteiger partial charge in [0.2, 0.25) is 5.13 Å². The zero-order chi connectivity index (χ0) is 19.8. The number of anilines is 1. The minimum absolute atomic E-state index is 0.632. The number of benzene rings is 3. The molecule has 5 aromatic rings. The third kappa shape index (κ3) is 3.62. The summed E-state index contributed by atoms with van der Waals surface area (Å²) in [4.78, 5) is 4.58. The van der Waals surface area contributed by atoms with Gasteiger partial charge in [0.15, 0.2) is 0 Å². The number of nitrogens with zero attached hydrogens (tertiary/aromatic N) is 2. The second-order valence-corrected chi connectivity index (χ2v) is 8.18. The molecule has 2 aromatic heterocycles. The average molecular weight is 418 g/mol. The minimum atomic E-state index is 0.632.